The second-order valence-electron chi connectivity index (χ2n) is 6.67. The Kier molecular flexibility index (Phi) is 5.54. The van der Waals surface area contributed by atoms with Gasteiger partial charge in [0.2, 0.25) is 0 Å². The summed E-state index contributed by atoms with van der Waals surface area (Å²) in [6.07, 6.45) is 2.18. The zero-order valence-corrected chi connectivity index (χ0v) is 15.7. The molecule has 1 aliphatic rings. The molecule has 2 rings (SSSR count). The number of benzene rings is 1. The van der Waals surface area contributed by atoms with Crippen molar-refractivity contribution in [2.24, 2.45) is 0 Å². The first-order chi connectivity index (χ1) is 10.3. The molecule has 1 saturated heterocycles. The maximum atomic E-state index is 6.18. The van der Waals surface area contributed by atoms with E-state index in [1.54, 1.807) is 0 Å². The van der Waals surface area contributed by atoms with Crippen LogP contribution in [0.5, 0.6) is 0 Å². The van der Waals surface area contributed by atoms with Gasteiger partial charge in [-0.1, -0.05) is 46.3 Å². The minimum absolute atomic E-state index is 0.319. The quantitative estimate of drug-likeness (QED) is 0.635. The fourth-order valence-electron chi connectivity index (χ4n) is 2.40. The lowest BCUT2D eigenvalue weighted by atomic mass is 9.76. The molecule has 0 radical (unpaired) electrons. The van der Waals surface area contributed by atoms with Gasteiger partial charge >= 0.3 is 7.12 Å². The maximum Gasteiger partial charge on any atom is 0.491 e. The number of likely N-dealkylation sites (N-methyl/N-ethyl adjacent to an activating group) is 1. The summed E-state index contributed by atoms with van der Waals surface area (Å²) < 4.78 is 12.4. The first-order valence-electron chi connectivity index (χ1n) is 7.65. The lowest BCUT2D eigenvalue weighted by Gasteiger charge is -2.32. The van der Waals surface area contributed by atoms with Gasteiger partial charge in [0, 0.05) is 11.9 Å². The smallest absolute Gasteiger partial charge is 0.400 e. The molecule has 22 heavy (non-hydrogen) atoms. The third-order valence-corrected chi connectivity index (χ3v) is 5.08. The van der Waals surface area contributed by atoms with Crippen LogP contribution in [0.1, 0.15) is 38.8 Å². The highest BCUT2D eigenvalue weighted by Crippen LogP contribution is 2.38. The topological polar surface area (TPSA) is 30.5 Å². The van der Waals surface area contributed by atoms with Crippen molar-refractivity contribution < 1.29 is 9.31 Å². The van der Waals surface area contributed by atoms with Crippen molar-refractivity contribution in [1.29, 1.82) is 0 Å². The van der Waals surface area contributed by atoms with Gasteiger partial charge < -0.3 is 14.6 Å². The third kappa shape index (κ3) is 3.65. The number of hydrogen-bond donors (Lipinski definition) is 1. The molecule has 1 aromatic carbocycles. The Balaban J connectivity index is 2.33. The van der Waals surface area contributed by atoms with E-state index in [0.717, 1.165) is 17.3 Å². The van der Waals surface area contributed by atoms with E-state index in [1.807, 2.05) is 7.05 Å². The van der Waals surface area contributed by atoms with Crippen LogP contribution in [0, 0.1) is 0 Å². The lowest BCUT2D eigenvalue weighted by molar-refractivity contribution is 0.00578. The molecule has 0 bridgehead atoms. The molecule has 1 aliphatic heterocycles. The largest absolute Gasteiger partial charge is 0.491 e. The van der Waals surface area contributed by atoms with Gasteiger partial charge in [0.25, 0.3) is 0 Å². The highest BCUT2D eigenvalue weighted by molar-refractivity contribution is 9.08. The molecule has 0 unspecified atom stereocenters. The molecule has 1 aromatic rings. The van der Waals surface area contributed by atoms with Gasteiger partial charge in [-0.3, -0.25) is 0 Å². The van der Waals surface area contributed by atoms with Crippen molar-refractivity contribution in [2.45, 2.75) is 44.2 Å². The first-order valence-corrected chi connectivity index (χ1v) is 8.77. The van der Waals surface area contributed by atoms with Crippen molar-refractivity contribution in [3.63, 3.8) is 0 Å². The van der Waals surface area contributed by atoms with Crippen LogP contribution in [0.15, 0.2) is 29.7 Å². The summed E-state index contributed by atoms with van der Waals surface area (Å²) >= 11 is 3.55. The summed E-state index contributed by atoms with van der Waals surface area (Å²) in [4.78, 5) is 0. The Morgan fingerprint density at radius 3 is 2.32 bits per heavy atom. The SMILES string of the molecule is CNCC(=Cc1ccccc1CBr)B1OC(C)(C)C(C)(C)O1. The van der Waals surface area contributed by atoms with Crippen molar-refractivity contribution >= 4 is 29.1 Å². The van der Waals surface area contributed by atoms with Crippen molar-refractivity contribution in [1.82, 2.24) is 5.32 Å². The van der Waals surface area contributed by atoms with Crippen molar-refractivity contribution in [2.75, 3.05) is 13.6 Å². The van der Waals surface area contributed by atoms with Crippen LogP contribution in [-0.4, -0.2) is 31.9 Å². The Bertz CT molecular complexity index is 541. The predicted octanol–water partition coefficient (Wildman–Crippen LogP) is 3.82. The van der Waals surface area contributed by atoms with E-state index < -0.39 is 0 Å². The monoisotopic (exact) mass is 365 g/mol. The van der Waals surface area contributed by atoms with Gasteiger partial charge in [-0.15, -0.1) is 0 Å². The molecule has 0 spiro atoms. The lowest BCUT2D eigenvalue weighted by Crippen LogP contribution is -2.41. The zero-order valence-electron chi connectivity index (χ0n) is 14.1. The van der Waals surface area contributed by atoms with E-state index >= 15 is 0 Å². The predicted molar refractivity (Wildman–Crippen MR) is 97.1 cm³/mol. The van der Waals surface area contributed by atoms with Gasteiger partial charge in [-0.25, -0.2) is 0 Å². The average molecular weight is 366 g/mol. The van der Waals surface area contributed by atoms with E-state index in [2.05, 4.69) is 79.3 Å². The summed E-state index contributed by atoms with van der Waals surface area (Å²) in [7, 11) is 1.62. The molecule has 5 heteroatoms. The summed E-state index contributed by atoms with van der Waals surface area (Å²) in [5.41, 5.74) is 2.92. The number of rotatable bonds is 5. The Hall–Kier alpha value is -0.615. The molecule has 3 nitrogen and oxygen atoms in total. The fourth-order valence-corrected chi connectivity index (χ4v) is 2.91. The van der Waals surface area contributed by atoms with Gasteiger partial charge in [0.1, 0.15) is 0 Å². The standard InChI is InChI=1S/C17H25BBrNO2/c1-16(2)17(3,4)22-18(21-16)15(12-20-5)10-13-8-6-7-9-14(13)11-19/h6-10,20H,11-12H2,1-5H3. The number of nitrogens with one attached hydrogen (secondary N) is 1. The van der Waals surface area contributed by atoms with E-state index in [1.165, 1.54) is 11.1 Å². The van der Waals surface area contributed by atoms with Crippen LogP contribution in [0.25, 0.3) is 6.08 Å². The molecule has 0 atom stereocenters. The minimum Gasteiger partial charge on any atom is -0.400 e. The highest BCUT2D eigenvalue weighted by atomic mass is 79.9. The molecule has 1 fully saturated rings. The fraction of sp³-hybridized carbons (Fsp3) is 0.529. The first kappa shape index (κ1) is 17.7. The van der Waals surface area contributed by atoms with E-state index in [9.17, 15) is 0 Å². The summed E-state index contributed by atoms with van der Waals surface area (Å²) in [5, 5.41) is 4.05. The molecule has 1 heterocycles. The number of alkyl halides is 1. The van der Waals surface area contributed by atoms with Crippen LogP contribution >= 0.6 is 15.9 Å². The van der Waals surface area contributed by atoms with E-state index in [4.69, 9.17) is 9.31 Å². The van der Waals surface area contributed by atoms with Crippen LogP contribution in [0.4, 0.5) is 0 Å². The molecule has 0 aliphatic carbocycles. The molecule has 1 N–H and O–H groups in total. The summed E-state index contributed by atoms with van der Waals surface area (Å²) in [5.74, 6) is 0. The molecule has 0 saturated carbocycles. The molecular weight excluding hydrogens is 341 g/mol. The second-order valence-corrected chi connectivity index (χ2v) is 7.23. The van der Waals surface area contributed by atoms with Gasteiger partial charge in [-0.2, -0.15) is 0 Å². The minimum atomic E-state index is -0.320. The Morgan fingerprint density at radius 1 is 1.18 bits per heavy atom. The van der Waals surface area contributed by atoms with Gasteiger partial charge in [0.05, 0.1) is 11.2 Å². The van der Waals surface area contributed by atoms with E-state index in [0.29, 0.717) is 0 Å². The van der Waals surface area contributed by atoms with Crippen LogP contribution < -0.4 is 5.32 Å². The van der Waals surface area contributed by atoms with Crippen molar-refractivity contribution in [3.8, 4) is 0 Å². The Morgan fingerprint density at radius 2 is 1.77 bits per heavy atom. The second kappa shape index (κ2) is 6.87. The highest BCUT2D eigenvalue weighted by Gasteiger charge is 2.52. The number of halogens is 1. The molecule has 0 amide bonds. The van der Waals surface area contributed by atoms with Crippen LogP contribution in [-0.2, 0) is 14.6 Å². The normalized spacial score (nSPS) is 20.5. The molecular formula is C17H25BBrNO2. The Labute approximate surface area is 142 Å². The zero-order chi connectivity index (χ0) is 16.4. The third-order valence-electron chi connectivity index (χ3n) is 4.48. The van der Waals surface area contributed by atoms with E-state index in [-0.39, 0.29) is 18.3 Å². The number of hydrogen-bond acceptors (Lipinski definition) is 3. The maximum absolute atomic E-state index is 6.18. The van der Waals surface area contributed by atoms with Gasteiger partial charge in [0.15, 0.2) is 0 Å². The average Bonchev–Trinajstić information content (AvgIpc) is 2.67. The molecule has 0 aromatic heterocycles. The van der Waals surface area contributed by atoms with Crippen LogP contribution in [0.2, 0.25) is 0 Å². The van der Waals surface area contributed by atoms with Crippen molar-refractivity contribution in [3.05, 3.63) is 40.9 Å². The van der Waals surface area contributed by atoms with Gasteiger partial charge in [-0.05, 0) is 51.3 Å². The van der Waals surface area contributed by atoms with Crippen LogP contribution in [0.3, 0.4) is 0 Å². The molecule has 120 valence electrons. The summed E-state index contributed by atoms with van der Waals surface area (Å²) in [6, 6.07) is 8.36. The summed E-state index contributed by atoms with van der Waals surface area (Å²) in [6.45, 7) is 9.05.